The molecule has 0 aromatic heterocycles. The number of hydrogen-bond acceptors (Lipinski definition) is 3. The molecule has 13 heavy (non-hydrogen) atoms. The lowest BCUT2D eigenvalue weighted by atomic mass is 10.00. The fourth-order valence-corrected chi connectivity index (χ4v) is 3.27. The first-order valence-corrected chi connectivity index (χ1v) is 5.63. The molecule has 3 nitrogen and oxygen atoms in total. The number of carbonyl (C=O) groups excluding carboxylic acids is 1. The Morgan fingerprint density at radius 2 is 2.31 bits per heavy atom. The van der Waals surface area contributed by atoms with E-state index in [4.69, 9.17) is 0 Å². The summed E-state index contributed by atoms with van der Waals surface area (Å²) in [7, 11) is -3.34. The van der Waals surface area contributed by atoms with Crippen molar-refractivity contribution in [3.05, 3.63) is 24.8 Å². The van der Waals surface area contributed by atoms with Gasteiger partial charge in [0.1, 0.15) is 0 Å². The van der Waals surface area contributed by atoms with Crippen molar-refractivity contribution in [2.24, 2.45) is 0 Å². The second kappa shape index (κ2) is 3.10. The van der Waals surface area contributed by atoms with Gasteiger partial charge in [0.15, 0.2) is 20.4 Å². The molecule has 0 aromatic carbocycles. The zero-order chi connectivity index (χ0) is 10.1. The van der Waals surface area contributed by atoms with E-state index in [0.717, 1.165) is 0 Å². The smallest absolute Gasteiger partial charge is 0.170 e. The highest BCUT2D eigenvalue weighted by Gasteiger charge is 2.47. The number of ketones is 1. The summed E-state index contributed by atoms with van der Waals surface area (Å²) >= 11 is 0. The van der Waals surface area contributed by atoms with E-state index < -0.39 is 14.6 Å². The van der Waals surface area contributed by atoms with Gasteiger partial charge in [-0.05, 0) is 13.3 Å². The highest BCUT2D eigenvalue weighted by molar-refractivity contribution is 7.94. The van der Waals surface area contributed by atoms with Gasteiger partial charge < -0.3 is 0 Å². The van der Waals surface area contributed by atoms with Crippen LogP contribution in [-0.4, -0.2) is 24.7 Å². The molecule has 4 heteroatoms. The molecule has 1 unspecified atom stereocenters. The van der Waals surface area contributed by atoms with E-state index in [-0.39, 0.29) is 18.0 Å². The molecule has 1 atom stereocenters. The minimum absolute atomic E-state index is 0.0413. The van der Waals surface area contributed by atoms with Gasteiger partial charge in [-0.25, -0.2) is 8.42 Å². The second-order valence-corrected chi connectivity index (χ2v) is 5.41. The third-order valence-corrected chi connectivity index (χ3v) is 4.63. The van der Waals surface area contributed by atoms with Crippen LogP contribution >= 0.6 is 0 Å². The molecule has 0 amide bonds. The first-order chi connectivity index (χ1) is 5.96. The number of sulfone groups is 1. The molecule has 1 rings (SSSR count). The Hall–Kier alpha value is -0.900. The van der Waals surface area contributed by atoms with Gasteiger partial charge in [-0.2, -0.15) is 0 Å². The van der Waals surface area contributed by atoms with Crippen molar-refractivity contribution >= 4 is 15.6 Å². The topological polar surface area (TPSA) is 51.2 Å². The number of rotatable bonds is 3. The van der Waals surface area contributed by atoms with Crippen LogP contribution in [0.3, 0.4) is 0 Å². The Kier molecular flexibility index (Phi) is 2.43. The average Bonchev–Trinajstić information content (AvgIpc) is 2.28. The predicted octanol–water partition coefficient (Wildman–Crippen LogP) is 0.875. The van der Waals surface area contributed by atoms with Crippen LogP contribution in [-0.2, 0) is 14.6 Å². The van der Waals surface area contributed by atoms with Crippen molar-refractivity contribution in [2.45, 2.75) is 18.1 Å². The highest BCUT2D eigenvalue weighted by Crippen LogP contribution is 2.31. The number of allylic oxidation sites excluding steroid dienone is 1. The summed E-state index contributed by atoms with van der Waals surface area (Å²) in [5.41, 5.74) is 0. The van der Waals surface area contributed by atoms with E-state index in [2.05, 4.69) is 6.58 Å². The van der Waals surface area contributed by atoms with E-state index in [1.807, 2.05) is 0 Å². The van der Waals surface area contributed by atoms with Crippen LogP contribution in [0.25, 0.3) is 0 Å². The molecule has 0 aliphatic carbocycles. The minimum atomic E-state index is -3.34. The molecular formula is C9H12O3S. The first kappa shape index (κ1) is 10.2. The molecule has 1 heterocycles. The van der Waals surface area contributed by atoms with Gasteiger partial charge in [-0.1, -0.05) is 18.2 Å². The summed E-state index contributed by atoms with van der Waals surface area (Å²) in [6.45, 7) is 4.77. The summed E-state index contributed by atoms with van der Waals surface area (Å²) < 4.78 is 21.8. The van der Waals surface area contributed by atoms with E-state index >= 15 is 0 Å². The van der Waals surface area contributed by atoms with E-state index in [9.17, 15) is 13.2 Å². The lowest BCUT2D eigenvalue weighted by molar-refractivity contribution is -0.118. The van der Waals surface area contributed by atoms with Crippen LogP contribution in [0.4, 0.5) is 0 Å². The Bertz CT molecular complexity index is 364. The van der Waals surface area contributed by atoms with Crippen LogP contribution < -0.4 is 0 Å². The molecule has 0 bridgehead atoms. The molecule has 0 aromatic rings. The Balaban J connectivity index is 3.26. The molecule has 0 saturated heterocycles. The fraction of sp³-hybridized carbons (Fsp3) is 0.444. The quantitative estimate of drug-likeness (QED) is 0.635. The molecule has 0 fully saturated rings. The molecule has 0 saturated carbocycles. The molecular weight excluding hydrogens is 188 g/mol. The molecule has 0 spiro atoms. The largest absolute Gasteiger partial charge is 0.298 e. The number of hydrogen-bond donors (Lipinski definition) is 0. The van der Waals surface area contributed by atoms with Gasteiger partial charge in [0.05, 0.1) is 5.75 Å². The van der Waals surface area contributed by atoms with Crippen LogP contribution in [0.5, 0.6) is 0 Å². The number of carbonyl (C=O) groups is 1. The lowest BCUT2D eigenvalue weighted by Gasteiger charge is -2.21. The zero-order valence-corrected chi connectivity index (χ0v) is 8.30. The van der Waals surface area contributed by atoms with Crippen LogP contribution in [0.15, 0.2) is 24.8 Å². The van der Waals surface area contributed by atoms with E-state index in [0.29, 0.717) is 0 Å². The molecule has 72 valence electrons. The van der Waals surface area contributed by atoms with Crippen molar-refractivity contribution in [1.29, 1.82) is 0 Å². The third-order valence-electron chi connectivity index (χ3n) is 2.30. The van der Waals surface area contributed by atoms with Crippen molar-refractivity contribution in [2.75, 3.05) is 5.75 Å². The van der Waals surface area contributed by atoms with Gasteiger partial charge >= 0.3 is 0 Å². The molecule has 1 aliphatic heterocycles. The van der Waals surface area contributed by atoms with Gasteiger partial charge in [-0.3, -0.25) is 4.79 Å². The molecule has 1 aliphatic rings. The van der Waals surface area contributed by atoms with Gasteiger partial charge in [-0.15, -0.1) is 6.58 Å². The summed E-state index contributed by atoms with van der Waals surface area (Å²) in [6, 6.07) is 0. The normalized spacial score (nSPS) is 30.2. The van der Waals surface area contributed by atoms with Gasteiger partial charge in [0.2, 0.25) is 0 Å². The highest BCUT2D eigenvalue weighted by atomic mass is 32.2. The number of Topliss-reactive ketones (excluding diaryl/α,β-unsaturated/α-hetero) is 1. The first-order valence-electron chi connectivity index (χ1n) is 3.98. The minimum Gasteiger partial charge on any atom is -0.298 e. The van der Waals surface area contributed by atoms with Gasteiger partial charge in [0.25, 0.3) is 0 Å². The molecule has 0 N–H and O–H groups in total. The maximum Gasteiger partial charge on any atom is 0.170 e. The lowest BCUT2D eigenvalue weighted by Crippen LogP contribution is -2.41. The van der Waals surface area contributed by atoms with E-state index in [1.165, 1.54) is 25.2 Å². The average molecular weight is 200 g/mol. The Morgan fingerprint density at radius 1 is 1.69 bits per heavy atom. The maximum atomic E-state index is 11.6. The summed E-state index contributed by atoms with van der Waals surface area (Å²) in [5.74, 6) is -0.374. The second-order valence-electron chi connectivity index (χ2n) is 3.12. The SMILES string of the molecule is C=CCC1(C(C)=O)C=CCS1(=O)=O. The fourth-order valence-electron chi connectivity index (χ4n) is 1.51. The Morgan fingerprint density at radius 3 is 2.62 bits per heavy atom. The van der Waals surface area contributed by atoms with Gasteiger partial charge in [0, 0.05) is 0 Å². The zero-order valence-electron chi connectivity index (χ0n) is 7.49. The monoisotopic (exact) mass is 200 g/mol. The van der Waals surface area contributed by atoms with E-state index in [1.54, 1.807) is 0 Å². The molecule has 0 radical (unpaired) electrons. The third kappa shape index (κ3) is 1.35. The Labute approximate surface area is 78.1 Å². The van der Waals surface area contributed by atoms with Crippen LogP contribution in [0, 0.1) is 0 Å². The standard InChI is InChI=1S/C9H12O3S/c1-3-5-9(8(2)10)6-4-7-13(9,11)12/h3-4,6H,1,5,7H2,2H3. The van der Waals surface area contributed by atoms with Crippen LogP contribution in [0.1, 0.15) is 13.3 Å². The van der Waals surface area contributed by atoms with Crippen molar-refractivity contribution in [3.63, 3.8) is 0 Å². The van der Waals surface area contributed by atoms with Crippen molar-refractivity contribution in [1.82, 2.24) is 0 Å². The predicted molar refractivity (Wildman–Crippen MR) is 51.2 cm³/mol. The van der Waals surface area contributed by atoms with Crippen molar-refractivity contribution in [3.8, 4) is 0 Å². The summed E-state index contributed by atoms with van der Waals surface area (Å²) in [6.07, 6.45) is 4.64. The summed E-state index contributed by atoms with van der Waals surface area (Å²) in [5, 5.41) is 0. The van der Waals surface area contributed by atoms with Crippen LogP contribution in [0.2, 0.25) is 0 Å². The van der Waals surface area contributed by atoms with Crippen molar-refractivity contribution < 1.29 is 13.2 Å². The summed E-state index contributed by atoms with van der Waals surface area (Å²) in [4.78, 5) is 11.3. The maximum absolute atomic E-state index is 11.6.